The molecule has 4 rings (SSSR count). The molecule has 1 amide bonds. The molecule has 1 atom stereocenters. The Balaban J connectivity index is 1.60. The minimum Gasteiger partial charge on any atom is -0.486 e. The molecule has 0 saturated carbocycles. The second-order valence-corrected chi connectivity index (χ2v) is 8.63. The minimum absolute atomic E-state index is 0.0145. The van der Waals surface area contributed by atoms with Gasteiger partial charge in [0.05, 0.1) is 11.0 Å². The van der Waals surface area contributed by atoms with Gasteiger partial charge in [-0.1, -0.05) is 6.07 Å². The summed E-state index contributed by atoms with van der Waals surface area (Å²) in [5.74, 6) is 0.0798. The van der Waals surface area contributed by atoms with E-state index in [4.69, 9.17) is 14.2 Å². The Bertz CT molecular complexity index is 966. The van der Waals surface area contributed by atoms with Crippen molar-refractivity contribution in [2.45, 2.75) is 50.7 Å². The third-order valence-corrected chi connectivity index (χ3v) is 6.40. The molecule has 1 unspecified atom stereocenters. The van der Waals surface area contributed by atoms with Gasteiger partial charge in [0, 0.05) is 44.9 Å². The van der Waals surface area contributed by atoms with Crippen LogP contribution in [0.3, 0.4) is 0 Å². The van der Waals surface area contributed by atoms with E-state index in [1.807, 2.05) is 45.0 Å². The van der Waals surface area contributed by atoms with E-state index in [0.29, 0.717) is 31.8 Å². The van der Waals surface area contributed by atoms with E-state index in [9.17, 15) is 9.18 Å². The van der Waals surface area contributed by atoms with E-state index in [-0.39, 0.29) is 17.8 Å². The lowest BCUT2D eigenvalue weighted by atomic mass is 9.85. The lowest BCUT2D eigenvalue weighted by molar-refractivity contribution is -0.119. The summed E-state index contributed by atoms with van der Waals surface area (Å²) in [5, 5.41) is 2.91. The molecular weight excluding hydrogens is 385 g/mol. The third kappa shape index (κ3) is 3.59. The first kappa shape index (κ1) is 20.8. The molecule has 1 N–H and O–H groups in total. The molecule has 0 bridgehead atoms. The van der Waals surface area contributed by atoms with E-state index in [0.717, 1.165) is 22.4 Å². The average Bonchev–Trinajstić information content (AvgIpc) is 2.96. The quantitative estimate of drug-likeness (QED) is 0.762. The highest BCUT2D eigenvalue weighted by Crippen LogP contribution is 2.40. The molecule has 2 aromatic rings. The molecular formula is C24H28FNO4. The Morgan fingerprint density at radius 1 is 1.13 bits per heavy atom. The van der Waals surface area contributed by atoms with Gasteiger partial charge in [0.15, 0.2) is 0 Å². The molecule has 2 aliphatic rings. The average molecular weight is 413 g/mol. The number of carbonyl (C=O) groups is 1. The van der Waals surface area contributed by atoms with Gasteiger partial charge in [-0.25, -0.2) is 4.39 Å². The van der Waals surface area contributed by atoms with E-state index in [1.165, 1.54) is 12.1 Å². The van der Waals surface area contributed by atoms with E-state index >= 15 is 0 Å². The molecule has 2 aromatic carbocycles. The van der Waals surface area contributed by atoms with Crippen LogP contribution in [0.15, 0.2) is 36.4 Å². The van der Waals surface area contributed by atoms with Crippen LogP contribution in [-0.4, -0.2) is 26.2 Å². The van der Waals surface area contributed by atoms with Crippen molar-refractivity contribution in [1.82, 2.24) is 0 Å². The maximum absolute atomic E-state index is 14.5. The zero-order valence-electron chi connectivity index (χ0n) is 17.9. The molecule has 0 radical (unpaired) electrons. The zero-order valence-corrected chi connectivity index (χ0v) is 17.9. The number of hydrogen-bond donors (Lipinski definition) is 1. The molecule has 6 heteroatoms. The number of rotatable bonds is 5. The van der Waals surface area contributed by atoms with Crippen LogP contribution in [0.1, 0.15) is 56.4 Å². The highest BCUT2D eigenvalue weighted by Gasteiger charge is 2.39. The molecule has 1 saturated heterocycles. The van der Waals surface area contributed by atoms with Crippen molar-refractivity contribution >= 4 is 11.6 Å². The first-order valence-corrected chi connectivity index (χ1v) is 10.3. The highest BCUT2D eigenvalue weighted by molar-refractivity contribution is 6.05. The lowest BCUT2D eigenvalue weighted by Gasteiger charge is -2.36. The minimum atomic E-state index is -0.592. The van der Waals surface area contributed by atoms with Gasteiger partial charge in [0.1, 0.15) is 17.7 Å². The third-order valence-electron chi connectivity index (χ3n) is 6.40. The topological polar surface area (TPSA) is 56.8 Å². The van der Waals surface area contributed by atoms with Crippen molar-refractivity contribution in [3.63, 3.8) is 0 Å². The van der Waals surface area contributed by atoms with Crippen molar-refractivity contribution in [2.24, 2.45) is 0 Å². The van der Waals surface area contributed by atoms with Crippen molar-refractivity contribution in [3.8, 4) is 5.75 Å². The monoisotopic (exact) mass is 413 g/mol. The second-order valence-electron chi connectivity index (χ2n) is 8.63. The summed E-state index contributed by atoms with van der Waals surface area (Å²) in [4.78, 5) is 12.2. The fraction of sp³-hybridized carbons (Fsp3) is 0.458. The SMILES string of the molecule is COC1(c2cc(F)cc(OC(C)c3ccc4c(c3)C(C)(C)C(=O)N4)c2)CCOCC1. The number of amides is 1. The van der Waals surface area contributed by atoms with Gasteiger partial charge in [-0.2, -0.15) is 0 Å². The second kappa shape index (κ2) is 7.67. The predicted molar refractivity (Wildman–Crippen MR) is 112 cm³/mol. The molecule has 0 aromatic heterocycles. The van der Waals surface area contributed by atoms with Crippen LogP contribution in [0.25, 0.3) is 0 Å². The van der Waals surface area contributed by atoms with E-state index < -0.39 is 11.0 Å². The number of carbonyl (C=O) groups excluding carboxylic acids is 1. The Kier molecular flexibility index (Phi) is 5.32. The van der Waals surface area contributed by atoms with Gasteiger partial charge >= 0.3 is 0 Å². The summed E-state index contributed by atoms with van der Waals surface area (Å²) in [6, 6.07) is 10.6. The molecule has 5 nitrogen and oxygen atoms in total. The van der Waals surface area contributed by atoms with Gasteiger partial charge < -0.3 is 19.5 Å². The first-order valence-electron chi connectivity index (χ1n) is 10.3. The Morgan fingerprint density at radius 3 is 2.57 bits per heavy atom. The van der Waals surface area contributed by atoms with Gasteiger partial charge in [-0.15, -0.1) is 0 Å². The van der Waals surface area contributed by atoms with Crippen LogP contribution in [0, 0.1) is 5.82 Å². The molecule has 2 heterocycles. The maximum atomic E-state index is 14.5. The number of benzene rings is 2. The van der Waals surface area contributed by atoms with Gasteiger partial charge in [-0.05, 0) is 61.7 Å². The highest BCUT2D eigenvalue weighted by atomic mass is 19.1. The number of halogens is 1. The van der Waals surface area contributed by atoms with Crippen molar-refractivity contribution in [3.05, 3.63) is 58.9 Å². The van der Waals surface area contributed by atoms with Crippen molar-refractivity contribution in [2.75, 3.05) is 25.6 Å². The molecule has 2 aliphatic heterocycles. The van der Waals surface area contributed by atoms with Gasteiger partial charge in [0.25, 0.3) is 0 Å². The summed E-state index contributed by atoms with van der Waals surface area (Å²) < 4.78 is 31.8. The van der Waals surface area contributed by atoms with Crippen LogP contribution in [-0.2, 0) is 25.3 Å². The number of ether oxygens (including phenoxy) is 3. The fourth-order valence-corrected chi connectivity index (χ4v) is 4.32. The van der Waals surface area contributed by atoms with E-state index in [2.05, 4.69) is 5.32 Å². The van der Waals surface area contributed by atoms with Crippen LogP contribution in [0.4, 0.5) is 10.1 Å². The zero-order chi connectivity index (χ0) is 21.5. The molecule has 0 spiro atoms. The summed E-state index contributed by atoms with van der Waals surface area (Å²) in [5.41, 5.74) is 2.31. The summed E-state index contributed by atoms with van der Waals surface area (Å²) >= 11 is 0. The smallest absolute Gasteiger partial charge is 0.234 e. The Morgan fingerprint density at radius 2 is 1.87 bits per heavy atom. The van der Waals surface area contributed by atoms with Gasteiger partial charge in [0.2, 0.25) is 5.91 Å². The lowest BCUT2D eigenvalue weighted by Crippen LogP contribution is -2.35. The fourth-order valence-electron chi connectivity index (χ4n) is 4.32. The number of anilines is 1. The molecule has 0 aliphatic carbocycles. The molecule has 160 valence electrons. The van der Waals surface area contributed by atoms with Crippen LogP contribution in [0.5, 0.6) is 5.75 Å². The van der Waals surface area contributed by atoms with Crippen LogP contribution >= 0.6 is 0 Å². The van der Waals surface area contributed by atoms with E-state index in [1.54, 1.807) is 7.11 Å². The number of fused-ring (bicyclic) bond motifs is 1. The number of nitrogens with one attached hydrogen (secondary N) is 1. The summed E-state index contributed by atoms with van der Waals surface area (Å²) in [7, 11) is 1.65. The first-order chi connectivity index (χ1) is 14.2. The number of methoxy groups -OCH3 is 1. The summed E-state index contributed by atoms with van der Waals surface area (Å²) in [6.45, 7) is 6.88. The number of hydrogen-bond acceptors (Lipinski definition) is 4. The predicted octanol–water partition coefficient (Wildman–Crippen LogP) is 4.85. The molecule has 30 heavy (non-hydrogen) atoms. The van der Waals surface area contributed by atoms with Crippen molar-refractivity contribution in [1.29, 1.82) is 0 Å². The largest absolute Gasteiger partial charge is 0.486 e. The standard InChI is InChI=1S/C24H28FNO4/c1-15(16-5-6-21-20(11-16)23(2,3)22(27)26-21)30-19-13-17(12-18(25)14-19)24(28-4)7-9-29-10-8-24/h5-6,11-15H,7-10H2,1-4H3,(H,26,27). The van der Waals surface area contributed by atoms with Crippen LogP contribution in [0.2, 0.25) is 0 Å². The maximum Gasteiger partial charge on any atom is 0.234 e. The normalized spacial score (nSPS) is 20.4. The Labute approximate surface area is 176 Å². The van der Waals surface area contributed by atoms with Crippen molar-refractivity contribution < 1.29 is 23.4 Å². The molecule has 1 fully saturated rings. The summed E-state index contributed by atoms with van der Waals surface area (Å²) in [6.07, 6.45) is 1.02. The Hall–Kier alpha value is -2.44. The van der Waals surface area contributed by atoms with Gasteiger partial charge in [-0.3, -0.25) is 4.79 Å². The van der Waals surface area contributed by atoms with Crippen LogP contribution < -0.4 is 10.1 Å².